The molecule has 0 unspecified atom stereocenters. The summed E-state index contributed by atoms with van der Waals surface area (Å²) < 4.78 is 1.02. The topological polar surface area (TPSA) is 41.3 Å². The molecule has 94 valence electrons. The van der Waals surface area contributed by atoms with Crippen molar-refractivity contribution >= 4 is 39.1 Å². The molecule has 0 spiro atoms. The van der Waals surface area contributed by atoms with E-state index in [-0.39, 0.29) is 0 Å². The van der Waals surface area contributed by atoms with Crippen LogP contribution >= 0.6 is 27.7 Å². The molecule has 0 radical (unpaired) electrons. The second-order valence-electron chi connectivity index (χ2n) is 4.11. The van der Waals surface area contributed by atoms with Crippen molar-refractivity contribution in [1.82, 2.24) is 4.90 Å². The molecule has 1 heterocycles. The fourth-order valence-electron chi connectivity index (χ4n) is 1.87. The summed E-state index contributed by atoms with van der Waals surface area (Å²) in [6.07, 6.45) is 0. The maximum Gasteiger partial charge on any atom is 0.0575 e. The average molecular weight is 316 g/mol. The van der Waals surface area contributed by atoms with E-state index in [1.54, 1.807) is 0 Å². The van der Waals surface area contributed by atoms with Crippen LogP contribution in [0.5, 0.6) is 0 Å². The van der Waals surface area contributed by atoms with Gasteiger partial charge in [-0.25, -0.2) is 0 Å². The highest BCUT2D eigenvalue weighted by molar-refractivity contribution is 9.10. The number of nitrogens with two attached hydrogens (primary N) is 1. The molecule has 1 aromatic carbocycles. The van der Waals surface area contributed by atoms with E-state index in [1.807, 2.05) is 30.0 Å². The second-order valence-corrected chi connectivity index (χ2v) is 6.25. The van der Waals surface area contributed by atoms with E-state index >= 15 is 0 Å². The first-order valence-electron chi connectivity index (χ1n) is 5.85. The summed E-state index contributed by atoms with van der Waals surface area (Å²) in [5.74, 6) is 2.53. The number of thioether (sulfide) groups is 1. The number of hydrogen-bond acceptors (Lipinski definition) is 4. The van der Waals surface area contributed by atoms with Gasteiger partial charge in [0.25, 0.3) is 0 Å². The first-order valence-corrected chi connectivity index (χ1v) is 7.79. The van der Waals surface area contributed by atoms with Crippen LogP contribution in [-0.4, -0.2) is 42.6 Å². The Bertz CT molecular complexity index is 367. The molecule has 3 N–H and O–H groups in total. The van der Waals surface area contributed by atoms with Crippen molar-refractivity contribution < 1.29 is 0 Å². The van der Waals surface area contributed by atoms with Gasteiger partial charge in [0.2, 0.25) is 0 Å². The molecule has 1 aliphatic heterocycles. The molecule has 1 saturated heterocycles. The second kappa shape index (κ2) is 6.52. The summed E-state index contributed by atoms with van der Waals surface area (Å²) >= 11 is 5.45. The Labute approximate surface area is 115 Å². The Morgan fingerprint density at radius 1 is 1.35 bits per heavy atom. The first kappa shape index (κ1) is 13.1. The number of nitrogens with one attached hydrogen (secondary N) is 1. The van der Waals surface area contributed by atoms with E-state index in [0.717, 1.165) is 28.9 Å². The normalized spacial score (nSPS) is 17.0. The van der Waals surface area contributed by atoms with Crippen LogP contribution in [0.1, 0.15) is 0 Å². The number of nitrogens with zero attached hydrogens (tertiary/aromatic N) is 1. The summed E-state index contributed by atoms with van der Waals surface area (Å²) in [6, 6.07) is 5.96. The molecule has 0 amide bonds. The lowest BCUT2D eigenvalue weighted by Gasteiger charge is -2.26. The third-order valence-corrected chi connectivity index (χ3v) is 4.30. The Morgan fingerprint density at radius 3 is 2.82 bits per heavy atom. The molecule has 0 aliphatic carbocycles. The van der Waals surface area contributed by atoms with Crippen molar-refractivity contribution in [2.45, 2.75) is 0 Å². The van der Waals surface area contributed by atoms with Gasteiger partial charge in [0.05, 0.1) is 11.4 Å². The van der Waals surface area contributed by atoms with Crippen molar-refractivity contribution in [1.29, 1.82) is 0 Å². The van der Waals surface area contributed by atoms with Crippen LogP contribution in [0.15, 0.2) is 22.7 Å². The molecule has 1 aliphatic rings. The highest BCUT2D eigenvalue weighted by atomic mass is 79.9. The lowest BCUT2D eigenvalue weighted by molar-refractivity contribution is 0.314. The van der Waals surface area contributed by atoms with Gasteiger partial charge in [-0.2, -0.15) is 11.8 Å². The van der Waals surface area contributed by atoms with Crippen molar-refractivity contribution in [3.05, 3.63) is 22.7 Å². The summed E-state index contributed by atoms with van der Waals surface area (Å²) in [5, 5.41) is 3.39. The molecule has 1 aromatic rings. The largest absolute Gasteiger partial charge is 0.397 e. The fraction of sp³-hybridized carbons (Fsp3) is 0.500. The molecule has 0 bridgehead atoms. The molecule has 1 fully saturated rings. The molecule has 0 atom stereocenters. The minimum Gasteiger partial charge on any atom is -0.397 e. The van der Waals surface area contributed by atoms with Crippen molar-refractivity contribution in [2.24, 2.45) is 0 Å². The zero-order valence-electron chi connectivity index (χ0n) is 9.79. The summed E-state index contributed by atoms with van der Waals surface area (Å²) in [4.78, 5) is 2.50. The lowest BCUT2D eigenvalue weighted by atomic mass is 10.2. The van der Waals surface area contributed by atoms with E-state index < -0.39 is 0 Å². The standard InChI is InChI=1S/C12H18BrN3S/c13-10-1-2-12(11(14)9-10)15-3-4-16-5-7-17-8-6-16/h1-2,9,15H,3-8,14H2. The first-order chi connectivity index (χ1) is 8.25. The van der Waals surface area contributed by atoms with Gasteiger partial charge in [0.15, 0.2) is 0 Å². The van der Waals surface area contributed by atoms with Gasteiger partial charge >= 0.3 is 0 Å². The van der Waals surface area contributed by atoms with Crippen LogP contribution in [0.3, 0.4) is 0 Å². The van der Waals surface area contributed by atoms with Crippen molar-refractivity contribution in [3.8, 4) is 0 Å². The number of nitrogen functional groups attached to an aromatic ring is 1. The maximum absolute atomic E-state index is 5.93. The molecular formula is C12H18BrN3S. The molecule has 17 heavy (non-hydrogen) atoms. The Balaban J connectivity index is 1.77. The Hall–Kier alpha value is -0.390. The monoisotopic (exact) mass is 315 g/mol. The quantitative estimate of drug-likeness (QED) is 0.838. The molecule has 0 saturated carbocycles. The van der Waals surface area contributed by atoms with Gasteiger partial charge in [0.1, 0.15) is 0 Å². The summed E-state index contributed by atoms with van der Waals surface area (Å²) in [7, 11) is 0. The van der Waals surface area contributed by atoms with Crippen LogP contribution in [0.2, 0.25) is 0 Å². The Morgan fingerprint density at radius 2 is 2.12 bits per heavy atom. The van der Waals surface area contributed by atoms with Crippen LogP contribution in [0.25, 0.3) is 0 Å². The van der Waals surface area contributed by atoms with Gasteiger partial charge in [-0.3, -0.25) is 4.90 Å². The average Bonchev–Trinajstić information content (AvgIpc) is 2.33. The fourth-order valence-corrected chi connectivity index (χ4v) is 3.23. The number of hydrogen-bond donors (Lipinski definition) is 2. The third kappa shape index (κ3) is 4.08. The maximum atomic E-state index is 5.93. The molecular weight excluding hydrogens is 298 g/mol. The van der Waals surface area contributed by atoms with Crippen LogP contribution in [-0.2, 0) is 0 Å². The van der Waals surface area contributed by atoms with E-state index in [0.29, 0.717) is 0 Å². The minimum atomic E-state index is 0.800. The van der Waals surface area contributed by atoms with Gasteiger partial charge < -0.3 is 11.1 Å². The van der Waals surface area contributed by atoms with E-state index in [2.05, 4.69) is 26.1 Å². The number of anilines is 2. The third-order valence-electron chi connectivity index (χ3n) is 2.86. The van der Waals surface area contributed by atoms with Gasteiger partial charge in [0, 0.05) is 42.2 Å². The van der Waals surface area contributed by atoms with Crippen LogP contribution in [0.4, 0.5) is 11.4 Å². The zero-order chi connectivity index (χ0) is 12.1. The number of benzene rings is 1. The highest BCUT2D eigenvalue weighted by Crippen LogP contribution is 2.22. The summed E-state index contributed by atoms with van der Waals surface area (Å²) in [5.41, 5.74) is 7.76. The van der Waals surface area contributed by atoms with E-state index in [1.165, 1.54) is 24.6 Å². The van der Waals surface area contributed by atoms with Gasteiger partial charge in [-0.15, -0.1) is 0 Å². The van der Waals surface area contributed by atoms with E-state index in [4.69, 9.17) is 5.73 Å². The SMILES string of the molecule is Nc1cc(Br)ccc1NCCN1CCSCC1. The smallest absolute Gasteiger partial charge is 0.0575 e. The molecule has 5 heteroatoms. The van der Waals surface area contributed by atoms with E-state index in [9.17, 15) is 0 Å². The molecule has 0 aromatic heterocycles. The van der Waals surface area contributed by atoms with Crippen LogP contribution < -0.4 is 11.1 Å². The van der Waals surface area contributed by atoms with Crippen molar-refractivity contribution in [2.75, 3.05) is 48.7 Å². The predicted molar refractivity (Wildman–Crippen MR) is 80.8 cm³/mol. The van der Waals surface area contributed by atoms with Crippen molar-refractivity contribution in [3.63, 3.8) is 0 Å². The minimum absolute atomic E-state index is 0.800. The van der Waals surface area contributed by atoms with Gasteiger partial charge in [-0.05, 0) is 18.2 Å². The van der Waals surface area contributed by atoms with Crippen LogP contribution in [0, 0.1) is 0 Å². The highest BCUT2D eigenvalue weighted by Gasteiger charge is 2.09. The lowest BCUT2D eigenvalue weighted by Crippen LogP contribution is -2.36. The molecule has 2 rings (SSSR count). The Kier molecular flexibility index (Phi) is 5.00. The summed E-state index contributed by atoms with van der Waals surface area (Å²) in [6.45, 7) is 4.47. The van der Waals surface area contributed by atoms with Gasteiger partial charge in [-0.1, -0.05) is 15.9 Å². The number of halogens is 1. The predicted octanol–water partition coefficient (Wildman–Crippen LogP) is 2.49. The zero-order valence-corrected chi connectivity index (χ0v) is 12.2. The number of rotatable bonds is 4. The molecule has 3 nitrogen and oxygen atoms in total.